The first kappa shape index (κ1) is 12.5. The first-order chi connectivity index (χ1) is 8.67. The molecule has 2 N–H and O–H groups in total. The van der Waals surface area contributed by atoms with Gasteiger partial charge in [0.1, 0.15) is 0 Å². The molecule has 2 aromatic rings. The van der Waals surface area contributed by atoms with Crippen LogP contribution in [-0.4, -0.2) is 28.3 Å². The van der Waals surface area contributed by atoms with Crippen LogP contribution in [0.1, 0.15) is 24.2 Å². The summed E-state index contributed by atoms with van der Waals surface area (Å²) in [6.45, 7) is 1.90. The van der Waals surface area contributed by atoms with E-state index in [0.29, 0.717) is 30.4 Å². The SMILES string of the molecule is COc1ccc(Cc2noc(CC(C)N)n2)cn1. The molecule has 0 aliphatic carbocycles. The topological polar surface area (TPSA) is 87.1 Å². The summed E-state index contributed by atoms with van der Waals surface area (Å²) in [6.07, 6.45) is 2.91. The zero-order valence-electron chi connectivity index (χ0n) is 10.5. The second kappa shape index (κ2) is 5.59. The summed E-state index contributed by atoms with van der Waals surface area (Å²) in [7, 11) is 1.58. The maximum atomic E-state index is 5.67. The minimum Gasteiger partial charge on any atom is -0.481 e. The fourth-order valence-corrected chi connectivity index (χ4v) is 1.54. The van der Waals surface area contributed by atoms with Crippen molar-refractivity contribution in [3.63, 3.8) is 0 Å². The lowest BCUT2D eigenvalue weighted by molar-refractivity contribution is 0.367. The molecule has 2 rings (SSSR count). The van der Waals surface area contributed by atoms with Crippen LogP contribution in [0.2, 0.25) is 0 Å². The molecule has 0 amide bonds. The van der Waals surface area contributed by atoms with E-state index in [-0.39, 0.29) is 6.04 Å². The number of methoxy groups -OCH3 is 1. The predicted octanol–water partition coefficient (Wildman–Crippen LogP) is 0.954. The summed E-state index contributed by atoms with van der Waals surface area (Å²) < 4.78 is 10.1. The number of hydrogen-bond acceptors (Lipinski definition) is 6. The Morgan fingerprint density at radius 1 is 1.44 bits per heavy atom. The molecule has 96 valence electrons. The van der Waals surface area contributed by atoms with E-state index in [1.54, 1.807) is 19.4 Å². The van der Waals surface area contributed by atoms with Crippen molar-refractivity contribution in [3.8, 4) is 5.88 Å². The number of aromatic nitrogens is 3. The molecule has 1 atom stereocenters. The molecule has 2 aromatic heterocycles. The monoisotopic (exact) mass is 248 g/mol. The van der Waals surface area contributed by atoms with Gasteiger partial charge in [0.15, 0.2) is 5.82 Å². The highest BCUT2D eigenvalue weighted by Gasteiger charge is 2.09. The van der Waals surface area contributed by atoms with Gasteiger partial charge in [0.25, 0.3) is 0 Å². The lowest BCUT2D eigenvalue weighted by Crippen LogP contribution is -2.17. The fourth-order valence-electron chi connectivity index (χ4n) is 1.54. The maximum absolute atomic E-state index is 5.67. The maximum Gasteiger partial charge on any atom is 0.228 e. The van der Waals surface area contributed by atoms with Gasteiger partial charge in [0.2, 0.25) is 11.8 Å². The summed E-state index contributed by atoms with van der Waals surface area (Å²) in [6, 6.07) is 3.74. The van der Waals surface area contributed by atoms with Crippen molar-refractivity contribution < 1.29 is 9.26 Å². The highest BCUT2D eigenvalue weighted by molar-refractivity contribution is 5.20. The Labute approximate surface area is 105 Å². The van der Waals surface area contributed by atoms with E-state index >= 15 is 0 Å². The van der Waals surface area contributed by atoms with Crippen LogP contribution in [0.5, 0.6) is 5.88 Å². The number of pyridine rings is 1. The molecule has 0 spiro atoms. The van der Waals surface area contributed by atoms with Crippen molar-refractivity contribution in [3.05, 3.63) is 35.6 Å². The average Bonchev–Trinajstić information content (AvgIpc) is 2.76. The minimum absolute atomic E-state index is 0.0148. The van der Waals surface area contributed by atoms with Crippen molar-refractivity contribution in [1.29, 1.82) is 0 Å². The van der Waals surface area contributed by atoms with Crippen LogP contribution in [0.15, 0.2) is 22.9 Å². The Morgan fingerprint density at radius 2 is 2.28 bits per heavy atom. The van der Waals surface area contributed by atoms with Crippen LogP contribution < -0.4 is 10.5 Å². The first-order valence-corrected chi connectivity index (χ1v) is 5.73. The van der Waals surface area contributed by atoms with Crippen molar-refractivity contribution in [2.45, 2.75) is 25.8 Å². The van der Waals surface area contributed by atoms with E-state index in [1.165, 1.54) is 0 Å². The molecule has 0 fully saturated rings. The van der Waals surface area contributed by atoms with Gasteiger partial charge in [-0.25, -0.2) is 4.98 Å². The quantitative estimate of drug-likeness (QED) is 0.847. The minimum atomic E-state index is 0.0148. The van der Waals surface area contributed by atoms with Gasteiger partial charge in [-0.05, 0) is 12.5 Å². The van der Waals surface area contributed by atoms with Crippen LogP contribution in [0.4, 0.5) is 0 Å². The van der Waals surface area contributed by atoms with E-state index in [1.807, 2.05) is 13.0 Å². The zero-order chi connectivity index (χ0) is 13.0. The van der Waals surface area contributed by atoms with Crippen LogP contribution in [0.3, 0.4) is 0 Å². The van der Waals surface area contributed by atoms with Crippen molar-refractivity contribution in [1.82, 2.24) is 15.1 Å². The van der Waals surface area contributed by atoms with E-state index in [9.17, 15) is 0 Å². The fraction of sp³-hybridized carbons (Fsp3) is 0.417. The summed E-state index contributed by atoms with van der Waals surface area (Å²) in [5.41, 5.74) is 6.67. The molecule has 0 aliphatic heterocycles. The first-order valence-electron chi connectivity index (χ1n) is 5.73. The van der Waals surface area contributed by atoms with Gasteiger partial charge in [0, 0.05) is 31.1 Å². The number of nitrogens with zero attached hydrogens (tertiary/aromatic N) is 3. The summed E-state index contributed by atoms with van der Waals surface area (Å²) in [4.78, 5) is 8.39. The van der Waals surface area contributed by atoms with Gasteiger partial charge in [-0.15, -0.1) is 0 Å². The van der Waals surface area contributed by atoms with E-state index in [2.05, 4.69) is 15.1 Å². The third-order valence-electron chi connectivity index (χ3n) is 2.38. The molecule has 0 bridgehead atoms. The Morgan fingerprint density at radius 3 is 2.89 bits per heavy atom. The van der Waals surface area contributed by atoms with E-state index in [4.69, 9.17) is 15.0 Å². The van der Waals surface area contributed by atoms with Crippen molar-refractivity contribution in [2.75, 3.05) is 7.11 Å². The van der Waals surface area contributed by atoms with Gasteiger partial charge in [-0.1, -0.05) is 11.2 Å². The van der Waals surface area contributed by atoms with Gasteiger partial charge in [0.05, 0.1) is 7.11 Å². The molecule has 0 radical (unpaired) electrons. The molecule has 0 saturated heterocycles. The summed E-state index contributed by atoms with van der Waals surface area (Å²) in [5.74, 6) is 1.79. The molecule has 0 aromatic carbocycles. The number of nitrogens with two attached hydrogens (primary N) is 1. The molecule has 1 unspecified atom stereocenters. The summed E-state index contributed by atoms with van der Waals surface area (Å²) >= 11 is 0. The zero-order valence-corrected chi connectivity index (χ0v) is 10.5. The molecule has 0 saturated carbocycles. The molecule has 2 heterocycles. The van der Waals surface area contributed by atoms with Crippen molar-refractivity contribution >= 4 is 0 Å². The molecular formula is C12H16N4O2. The molecular weight excluding hydrogens is 232 g/mol. The number of hydrogen-bond donors (Lipinski definition) is 1. The van der Waals surface area contributed by atoms with Gasteiger partial charge >= 0.3 is 0 Å². The molecule has 6 nitrogen and oxygen atoms in total. The van der Waals surface area contributed by atoms with E-state index < -0.39 is 0 Å². The normalized spacial score (nSPS) is 12.4. The lowest BCUT2D eigenvalue weighted by atomic mass is 10.2. The van der Waals surface area contributed by atoms with Gasteiger partial charge in [-0.3, -0.25) is 0 Å². The Kier molecular flexibility index (Phi) is 3.88. The Balaban J connectivity index is 2.01. The van der Waals surface area contributed by atoms with Crippen LogP contribution in [0.25, 0.3) is 0 Å². The van der Waals surface area contributed by atoms with Gasteiger partial charge in [-0.2, -0.15) is 4.98 Å². The van der Waals surface area contributed by atoms with Crippen molar-refractivity contribution in [2.24, 2.45) is 5.73 Å². The Hall–Kier alpha value is -1.95. The van der Waals surface area contributed by atoms with Crippen LogP contribution in [-0.2, 0) is 12.8 Å². The third-order valence-corrected chi connectivity index (χ3v) is 2.38. The molecule has 0 aliphatic rings. The number of ether oxygens (including phenoxy) is 1. The second-order valence-electron chi connectivity index (χ2n) is 4.17. The average molecular weight is 248 g/mol. The molecule has 6 heteroatoms. The standard InChI is InChI=1S/C12H16N4O2/c1-8(13)5-12-15-10(16-18-12)6-9-3-4-11(17-2)14-7-9/h3-4,7-8H,5-6,13H2,1-2H3. The lowest BCUT2D eigenvalue weighted by Gasteiger charge is -1.99. The van der Waals surface area contributed by atoms with E-state index in [0.717, 1.165) is 5.56 Å². The predicted molar refractivity (Wildman–Crippen MR) is 65.2 cm³/mol. The second-order valence-corrected chi connectivity index (χ2v) is 4.17. The van der Waals surface area contributed by atoms with Crippen LogP contribution in [0, 0.1) is 0 Å². The highest BCUT2D eigenvalue weighted by Crippen LogP contribution is 2.10. The third kappa shape index (κ3) is 3.27. The van der Waals surface area contributed by atoms with Crippen LogP contribution >= 0.6 is 0 Å². The highest BCUT2D eigenvalue weighted by atomic mass is 16.5. The molecule has 18 heavy (non-hydrogen) atoms. The largest absolute Gasteiger partial charge is 0.481 e. The Bertz CT molecular complexity index is 493. The summed E-state index contributed by atoms with van der Waals surface area (Å²) in [5, 5.41) is 3.91. The van der Waals surface area contributed by atoms with Gasteiger partial charge < -0.3 is 15.0 Å². The smallest absolute Gasteiger partial charge is 0.228 e. The number of rotatable bonds is 5.